The Bertz CT molecular complexity index is 747. The van der Waals surface area contributed by atoms with Gasteiger partial charge in [0.05, 0.1) is 16.6 Å². The van der Waals surface area contributed by atoms with Gasteiger partial charge < -0.3 is 10.1 Å². The topological polar surface area (TPSA) is 81.2 Å². The van der Waals surface area contributed by atoms with Crippen LogP contribution in [0.2, 0.25) is 0 Å². The number of hydrogen-bond acceptors (Lipinski definition) is 5. The highest BCUT2D eigenvalue weighted by Gasteiger charge is 2.23. The molecule has 6 heteroatoms. The molecule has 0 aliphatic heterocycles. The third-order valence-corrected chi connectivity index (χ3v) is 4.50. The Balaban J connectivity index is 1.55. The second-order valence-corrected chi connectivity index (χ2v) is 6.27. The number of aromatic nitrogens is 2. The van der Waals surface area contributed by atoms with E-state index in [1.165, 1.54) is 6.42 Å². The van der Waals surface area contributed by atoms with Crippen molar-refractivity contribution in [3.63, 3.8) is 0 Å². The van der Waals surface area contributed by atoms with Crippen LogP contribution >= 0.6 is 0 Å². The minimum absolute atomic E-state index is 0.181. The SMILES string of the molecule is CC1CCCCC1NC(=O)COC(=O)c1ccc2nccnc2c1. The molecule has 2 atom stereocenters. The summed E-state index contributed by atoms with van der Waals surface area (Å²) >= 11 is 0. The fourth-order valence-corrected chi connectivity index (χ4v) is 3.08. The van der Waals surface area contributed by atoms with Gasteiger partial charge >= 0.3 is 5.97 Å². The van der Waals surface area contributed by atoms with Crippen LogP contribution in [-0.4, -0.2) is 34.5 Å². The molecule has 0 radical (unpaired) electrons. The van der Waals surface area contributed by atoms with Crippen molar-refractivity contribution in [2.45, 2.75) is 38.6 Å². The van der Waals surface area contributed by atoms with Crippen LogP contribution in [0.25, 0.3) is 11.0 Å². The number of nitrogens with zero attached hydrogens (tertiary/aromatic N) is 2. The number of benzene rings is 1. The molecule has 1 aromatic carbocycles. The second-order valence-electron chi connectivity index (χ2n) is 6.27. The van der Waals surface area contributed by atoms with E-state index < -0.39 is 5.97 Å². The van der Waals surface area contributed by atoms with Gasteiger partial charge in [-0.25, -0.2) is 4.79 Å². The molecule has 1 amide bonds. The summed E-state index contributed by atoms with van der Waals surface area (Å²) in [4.78, 5) is 32.4. The first-order valence-corrected chi connectivity index (χ1v) is 8.31. The number of ether oxygens (including phenoxy) is 1. The molecule has 1 aliphatic carbocycles. The normalized spacial score (nSPS) is 20.5. The smallest absolute Gasteiger partial charge is 0.338 e. The number of amides is 1. The molecule has 1 N–H and O–H groups in total. The molecule has 24 heavy (non-hydrogen) atoms. The summed E-state index contributed by atoms with van der Waals surface area (Å²) in [5.41, 5.74) is 1.69. The van der Waals surface area contributed by atoms with Crippen LogP contribution in [0.1, 0.15) is 43.0 Å². The van der Waals surface area contributed by atoms with Crippen LogP contribution in [-0.2, 0) is 9.53 Å². The van der Waals surface area contributed by atoms with Gasteiger partial charge in [-0.3, -0.25) is 14.8 Å². The first-order valence-electron chi connectivity index (χ1n) is 8.31. The molecule has 1 heterocycles. The van der Waals surface area contributed by atoms with E-state index in [1.807, 2.05) is 0 Å². The van der Waals surface area contributed by atoms with Crippen molar-refractivity contribution in [3.05, 3.63) is 36.2 Å². The summed E-state index contributed by atoms with van der Waals surface area (Å²) in [6.45, 7) is 1.88. The van der Waals surface area contributed by atoms with Crippen molar-refractivity contribution < 1.29 is 14.3 Å². The van der Waals surface area contributed by atoms with E-state index in [4.69, 9.17) is 4.74 Å². The summed E-state index contributed by atoms with van der Waals surface area (Å²) in [7, 11) is 0. The Morgan fingerprint density at radius 3 is 2.71 bits per heavy atom. The van der Waals surface area contributed by atoms with Gasteiger partial charge in [0.1, 0.15) is 0 Å². The number of fused-ring (bicyclic) bond motifs is 1. The average molecular weight is 327 g/mol. The minimum Gasteiger partial charge on any atom is -0.452 e. The van der Waals surface area contributed by atoms with Crippen LogP contribution in [0.5, 0.6) is 0 Å². The minimum atomic E-state index is -0.533. The van der Waals surface area contributed by atoms with Gasteiger partial charge in [-0.2, -0.15) is 0 Å². The maximum atomic E-state index is 12.1. The lowest BCUT2D eigenvalue weighted by Crippen LogP contribution is -2.42. The van der Waals surface area contributed by atoms with Crippen molar-refractivity contribution in [2.24, 2.45) is 5.92 Å². The fraction of sp³-hybridized carbons (Fsp3) is 0.444. The molecule has 0 spiro atoms. The largest absolute Gasteiger partial charge is 0.452 e. The number of carbonyl (C=O) groups is 2. The maximum Gasteiger partial charge on any atom is 0.338 e. The van der Waals surface area contributed by atoms with Crippen molar-refractivity contribution in [1.29, 1.82) is 0 Å². The van der Waals surface area contributed by atoms with Gasteiger partial charge in [-0.15, -0.1) is 0 Å². The summed E-state index contributed by atoms with van der Waals surface area (Å²) in [6, 6.07) is 5.13. The van der Waals surface area contributed by atoms with Crippen molar-refractivity contribution >= 4 is 22.9 Å². The highest BCUT2D eigenvalue weighted by atomic mass is 16.5. The molecule has 1 saturated carbocycles. The summed E-state index contributed by atoms with van der Waals surface area (Å²) in [5, 5.41) is 2.97. The first-order chi connectivity index (χ1) is 11.6. The summed E-state index contributed by atoms with van der Waals surface area (Å²) in [6.07, 6.45) is 7.63. The van der Waals surface area contributed by atoms with E-state index in [1.54, 1.807) is 30.6 Å². The predicted molar refractivity (Wildman–Crippen MR) is 89.4 cm³/mol. The van der Waals surface area contributed by atoms with E-state index in [0.717, 1.165) is 19.3 Å². The third kappa shape index (κ3) is 3.88. The highest BCUT2D eigenvalue weighted by Crippen LogP contribution is 2.23. The molecule has 1 aliphatic rings. The quantitative estimate of drug-likeness (QED) is 0.873. The molecule has 2 aromatic rings. The molecule has 0 saturated heterocycles. The Hall–Kier alpha value is -2.50. The predicted octanol–water partition coefficient (Wildman–Crippen LogP) is 2.48. The third-order valence-electron chi connectivity index (χ3n) is 4.50. The monoisotopic (exact) mass is 327 g/mol. The van der Waals surface area contributed by atoms with Gasteiger partial charge in [0.15, 0.2) is 6.61 Å². The van der Waals surface area contributed by atoms with Crippen molar-refractivity contribution in [2.75, 3.05) is 6.61 Å². The standard InChI is InChI=1S/C18H21N3O3/c1-12-4-2-3-5-14(12)21-17(22)11-24-18(23)13-6-7-15-16(10-13)20-9-8-19-15/h6-10,12,14H,2-5,11H2,1H3,(H,21,22). The molecular weight excluding hydrogens is 306 g/mol. The summed E-state index contributed by atoms with van der Waals surface area (Å²) < 4.78 is 5.12. The van der Waals surface area contributed by atoms with E-state index in [-0.39, 0.29) is 18.6 Å². The van der Waals surface area contributed by atoms with Gasteiger partial charge in [-0.1, -0.05) is 19.8 Å². The van der Waals surface area contributed by atoms with E-state index >= 15 is 0 Å². The lowest BCUT2D eigenvalue weighted by Gasteiger charge is -2.29. The Morgan fingerprint density at radius 2 is 1.92 bits per heavy atom. The van der Waals surface area contributed by atoms with Crippen LogP contribution in [0.3, 0.4) is 0 Å². The zero-order chi connectivity index (χ0) is 16.9. The Labute approximate surface area is 140 Å². The highest BCUT2D eigenvalue weighted by molar-refractivity contribution is 5.94. The molecule has 1 fully saturated rings. The van der Waals surface area contributed by atoms with Crippen LogP contribution < -0.4 is 5.32 Å². The molecular formula is C18H21N3O3. The zero-order valence-corrected chi connectivity index (χ0v) is 13.7. The van der Waals surface area contributed by atoms with E-state index in [2.05, 4.69) is 22.2 Å². The van der Waals surface area contributed by atoms with Crippen molar-refractivity contribution in [1.82, 2.24) is 15.3 Å². The number of esters is 1. The lowest BCUT2D eigenvalue weighted by molar-refractivity contribution is -0.125. The maximum absolute atomic E-state index is 12.1. The molecule has 2 unspecified atom stereocenters. The second kappa shape index (κ2) is 7.38. The van der Waals surface area contributed by atoms with Gasteiger partial charge in [0, 0.05) is 18.4 Å². The van der Waals surface area contributed by atoms with Crippen LogP contribution in [0.15, 0.2) is 30.6 Å². The molecule has 6 nitrogen and oxygen atoms in total. The fourth-order valence-electron chi connectivity index (χ4n) is 3.08. The molecule has 0 bridgehead atoms. The van der Waals surface area contributed by atoms with E-state index in [9.17, 15) is 9.59 Å². The molecule has 3 rings (SSSR count). The van der Waals surface area contributed by atoms with E-state index in [0.29, 0.717) is 22.5 Å². The Kier molecular flexibility index (Phi) is 5.03. The number of hydrogen-bond donors (Lipinski definition) is 1. The zero-order valence-electron chi connectivity index (χ0n) is 13.7. The van der Waals surface area contributed by atoms with Gasteiger partial charge in [0.2, 0.25) is 0 Å². The van der Waals surface area contributed by atoms with Gasteiger partial charge in [0.25, 0.3) is 5.91 Å². The lowest BCUT2D eigenvalue weighted by atomic mass is 9.86. The molecule has 126 valence electrons. The summed E-state index contributed by atoms with van der Waals surface area (Å²) in [5.74, 6) is -0.311. The van der Waals surface area contributed by atoms with Crippen LogP contribution in [0, 0.1) is 5.92 Å². The number of nitrogens with one attached hydrogen (secondary N) is 1. The van der Waals surface area contributed by atoms with Crippen LogP contribution in [0.4, 0.5) is 0 Å². The average Bonchev–Trinajstić information content (AvgIpc) is 2.61. The van der Waals surface area contributed by atoms with Gasteiger partial charge in [-0.05, 0) is 37.0 Å². The molecule has 1 aromatic heterocycles. The first kappa shape index (κ1) is 16.4. The van der Waals surface area contributed by atoms with Crippen molar-refractivity contribution in [3.8, 4) is 0 Å². The Morgan fingerprint density at radius 1 is 1.17 bits per heavy atom. The number of carbonyl (C=O) groups excluding carboxylic acids is 2. The number of rotatable bonds is 4.